The Kier molecular flexibility index (Phi) is 5.32. The van der Waals surface area contributed by atoms with Gasteiger partial charge in [-0.2, -0.15) is 0 Å². The van der Waals surface area contributed by atoms with Crippen LogP contribution in [0.1, 0.15) is 29.6 Å². The maximum atomic E-state index is 12.8. The van der Waals surface area contributed by atoms with Gasteiger partial charge in [0.15, 0.2) is 18.1 Å². The molecule has 2 amide bonds. The molecule has 1 N–H and O–H groups in total. The third kappa shape index (κ3) is 4.03. The molecule has 2 aliphatic heterocycles. The van der Waals surface area contributed by atoms with E-state index in [1.165, 1.54) is 0 Å². The highest BCUT2D eigenvalue weighted by Gasteiger charge is 2.21. The molecule has 0 bridgehead atoms. The molecule has 0 spiro atoms. The maximum absolute atomic E-state index is 12.8. The van der Waals surface area contributed by atoms with Gasteiger partial charge in [0, 0.05) is 24.8 Å². The molecule has 2 heterocycles. The summed E-state index contributed by atoms with van der Waals surface area (Å²) in [6, 6.07) is 12.2. The molecule has 2 aromatic carbocycles. The van der Waals surface area contributed by atoms with Crippen molar-refractivity contribution in [1.29, 1.82) is 0 Å². The van der Waals surface area contributed by atoms with Gasteiger partial charge < -0.3 is 24.4 Å². The van der Waals surface area contributed by atoms with Crippen molar-refractivity contribution in [3.05, 3.63) is 48.0 Å². The highest BCUT2D eigenvalue weighted by Crippen LogP contribution is 2.34. The standard InChI is InChI=1S/C21H22N2O5/c24-20(22-15-8-9-18-19(12-15)28-14-27-18)13-26-17-7-3-2-6-16(17)21(25)23-10-4-1-5-11-23/h2-3,6-9,12H,1,4-5,10-11,13-14H2,(H,22,24). The Morgan fingerprint density at radius 3 is 2.64 bits per heavy atom. The Bertz CT molecular complexity index is 877. The number of amides is 2. The number of ether oxygens (including phenoxy) is 3. The fraction of sp³-hybridized carbons (Fsp3) is 0.333. The van der Waals surface area contributed by atoms with E-state index in [2.05, 4.69) is 5.32 Å². The van der Waals surface area contributed by atoms with E-state index in [0.29, 0.717) is 28.5 Å². The Balaban J connectivity index is 1.38. The minimum absolute atomic E-state index is 0.0496. The van der Waals surface area contributed by atoms with Gasteiger partial charge in [0.05, 0.1) is 5.56 Å². The van der Waals surface area contributed by atoms with Crippen LogP contribution in [0.3, 0.4) is 0 Å². The number of benzene rings is 2. The monoisotopic (exact) mass is 382 g/mol. The summed E-state index contributed by atoms with van der Waals surface area (Å²) in [5.74, 6) is 1.29. The van der Waals surface area contributed by atoms with Gasteiger partial charge in [-0.3, -0.25) is 9.59 Å². The number of hydrogen-bond donors (Lipinski definition) is 1. The van der Waals surface area contributed by atoms with Crippen LogP contribution in [0.2, 0.25) is 0 Å². The third-order valence-electron chi connectivity index (χ3n) is 4.78. The number of likely N-dealkylation sites (tertiary alicyclic amines) is 1. The van der Waals surface area contributed by atoms with Gasteiger partial charge >= 0.3 is 0 Å². The molecule has 28 heavy (non-hydrogen) atoms. The molecule has 2 aliphatic rings. The summed E-state index contributed by atoms with van der Waals surface area (Å²) in [4.78, 5) is 26.9. The number of para-hydroxylation sites is 1. The Hall–Kier alpha value is -3.22. The second kappa shape index (κ2) is 8.21. The Morgan fingerprint density at radius 1 is 1.00 bits per heavy atom. The van der Waals surface area contributed by atoms with E-state index in [9.17, 15) is 9.59 Å². The molecular weight excluding hydrogens is 360 g/mol. The number of nitrogens with zero attached hydrogens (tertiary/aromatic N) is 1. The van der Waals surface area contributed by atoms with Crippen molar-refractivity contribution < 1.29 is 23.8 Å². The summed E-state index contributed by atoms with van der Waals surface area (Å²) in [5, 5.41) is 2.76. The fourth-order valence-electron chi connectivity index (χ4n) is 3.35. The fourth-order valence-corrected chi connectivity index (χ4v) is 3.35. The van der Waals surface area contributed by atoms with Crippen molar-refractivity contribution in [3.8, 4) is 17.2 Å². The van der Waals surface area contributed by atoms with E-state index >= 15 is 0 Å². The van der Waals surface area contributed by atoms with Crippen molar-refractivity contribution in [2.75, 3.05) is 31.8 Å². The summed E-state index contributed by atoms with van der Waals surface area (Å²) in [7, 11) is 0. The smallest absolute Gasteiger partial charge is 0.262 e. The molecule has 0 aliphatic carbocycles. The second-order valence-electron chi connectivity index (χ2n) is 6.75. The number of hydrogen-bond acceptors (Lipinski definition) is 5. The van der Waals surface area contributed by atoms with Crippen LogP contribution in [0.5, 0.6) is 17.2 Å². The van der Waals surface area contributed by atoms with E-state index in [4.69, 9.17) is 14.2 Å². The predicted molar refractivity (Wildman–Crippen MR) is 103 cm³/mol. The lowest BCUT2D eigenvalue weighted by atomic mass is 10.1. The third-order valence-corrected chi connectivity index (χ3v) is 4.78. The first-order valence-electron chi connectivity index (χ1n) is 9.41. The molecule has 0 saturated carbocycles. The van der Waals surface area contributed by atoms with Crippen LogP contribution in [-0.4, -0.2) is 43.2 Å². The van der Waals surface area contributed by atoms with Crippen molar-refractivity contribution in [2.24, 2.45) is 0 Å². The lowest BCUT2D eigenvalue weighted by molar-refractivity contribution is -0.118. The number of rotatable bonds is 5. The van der Waals surface area contributed by atoms with E-state index in [-0.39, 0.29) is 25.2 Å². The Morgan fingerprint density at radius 2 is 1.79 bits per heavy atom. The first-order valence-corrected chi connectivity index (χ1v) is 9.41. The lowest BCUT2D eigenvalue weighted by Gasteiger charge is -2.27. The van der Waals surface area contributed by atoms with Crippen LogP contribution in [0.15, 0.2) is 42.5 Å². The maximum Gasteiger partial charge on any atom is 0.262 e. The number of piperidine rings is 1. The van der Waals surface area contributed by atoms with Crippen LogP contribution >= 0.6 is 0 Å². The van der Waals surface area contributed by atoms with Crippen LogP contribution < -0.4 is 19.5 Å². The zero-order valence-corrected chi connectivity index (χ0v) is 15.5. The average Bonchev–Trinajstić information content (AvgIpc) is 3.20. The summed E-state index contributed by atoms with van der Waals surface area (Å²) in [6.45, 7) is 1.51. The van der Waals surface area contributed by atoms with E-state index < -0.39 is 0 Å². The van der Waals surface area contributed by atoms with Crippen LogP contribution in [0.4, 0.5) is 5.69 Å². The molecular formula is C21H22N2O5. The van der Waals surface area contributed by atoms with Gasteiger partial charge in [0.2, 0.25) is 6.79 Å². The molecule has 146 valence electrons. The molecule has 7 heteroatoms. The number of carbonyl (C=O) groups is 2. The highest BCUT2D eigenvalue weighted by atomic mass is 16.7. The topological polar surface area (TPSA) is 77.1 Å². The molecule has 7 nitrogen and oxygen atoms in total. The number of nitrogens with one attached hydrogen (secondary N) is 1. The largest absolute Gasteiger partial charge is 0.483 e. The molecule has 0 aromatic heterocycles. The van der Waals surface area contributed by atoms with Gasteiger partial charge in [0.25, 0.3) is 11.8 Å². The molecule has 0 atom stereocenters. The lowest BCUT2D eigenvalue weighted by Crippen LogP contribution is -2.35. The molecule has 0 radical (unpaired) electrons. The first-order chi connectivity index (χ1) is 13.7. The van der Waals surface area contributed by atoms with Crippen molar-refractivity contribution in [1.82, 2.24) is 4.90 Å². The van der Waals surface area contributed by atoms with Crippen molar-refractivity contribution >= 4 is 17.5 Å². The summed E-state index contributed by atoms with van der Waals surface area (Å²) in [6.07, 6.45) is 3.20. The average molecular weight is 382 g/mol. The normalized spacial score (nSPS) is 15.2. The molecule has 4 rings (SSSR count). The highest BCUT2D eigenvalue weighted by molar-refractivity contribution is 5.97. The van der Waals surface area contributed by atoms with Crippen molar-refractivity contribution in [3.63, 3.8) is 0 Å². The molecule has 0 unspecified atom stereocenters. The number of fused-ring (bicyclic) bond motifs is 1. The molecule has 1 fully saturated rings. The van der Waals surface area contributed by atoms with E-state index in [0.717, 1.165) is 32.4 Å². The SMILES string of the molecule is O=C(COc1ccccc1C(=O)N1CCCCC1)Nc1ccc2c(c1)OCO2. The van der Waals surface area contributed by atoms with Crippen LogP contribution in [0.25, 0.3) is 0 Å². The number of carbonyl (C=O) groups excluding carboxylic acids is 2. The Labute approximate surface area is 163 Å². The van der Waals surface area contributed by atoms with Crippen molar-refractivity contribution in [2.45, 2.75) is 19.3 Å². The molecule has 2 aromatic rings. The quantitative estimate of drug-likeness (QED) is 0.860. The predicted octanol–water partition coefficient (Wildman–Crippen LogP) is 3.06. The van der Waals surface area contributed by atoms with Gasteiger partial charge in [0.1, 0.15) is 5.75 Å². The molecule has 1 saturated heterocycles. The van der Waals surface area contributed by atoms with E-state index in [1.807, 2.05) is 4.90 Å². The summed E-state index contributed by atoms with van der Waals surface area (Å²) >= 11 is 0. The van der Waals surface area contributed by atoms with Gasteiger partial charge in [-0.1, -0.05) is 12.1 Å². The van der Waals surface area contributed by atoms with Gasteiger partial charge in [-0.15, -0.1) is 0 Å². The zero-order valence-electron chi connectivity index (χ0n) is 15.5. The van der Waals surface area contributed by atoms with Crippen LogP contribution in [-0.2, 0) is 4.79 Å². The number of anilines is 1. The first kappa shape index (κ1) is 18.2. The second-order valence-corrected chi connectivity index (χ2v) is 6.75. The van der Waals surface area contributed by atoms with Gasteiger partial charge in [-0.05, 0) is 43.5 Å². The minimum atomic E-state index is -0.320. The van der Waals surface area contributed by atoms with E-state index in [1.54, 1.807) is 42.5 Å². The van der Waals surface area contributed by atoms with Gasteiger partial charge in [-0.25, -0.2) is 0 Å². The summed E-state index contributed by atoms with van der Waals surface area (Å²) in [5.41, 5.74) is 1.08. The van der Waals surface area contributed by atoms with Crippen LogP contribution in [0, 0.1) is 0 Å². The minimum Gasteiger partial charge on any atom is -0.483 e. The summed E-state index contributed by atoms with van der Waals surface area (Å²) < 4.78 is 16.2. The zero-order chi connectivity index (χ0) is 19.3.